The van der Waals surface area contributed by atoms with Gasteiger partial charge in [0.25, 0.3) is 0 Å². The van der Waals surface area contributed by atoms with Gasteiger partial charge in [-0.1, -0.05) is 44.1 Å². The topological polar surface area (TPSA) is 55.8 Å². The quantitative estimate of drug-likeness (QED) is 0.402. The highest BCUT2D eigenvalue weighted by molar-refractivity contribution is 9.10. The average molecular weight is 420 g/mol. The van der Waals surface area contributed by atoms with Crippen LogP contribution in [-0.4, -0.2) is 36.7 Å². The Morgan fingerprint density at radius 1 is 1.38 bits per heavy atom. The summed E-state index contributed by atoms with van der Waals surface area (Å²) in [6.45, 7) is 2.93. The first-order valence-electron chi connectivity index (χ1n) is 9.17. The molecule has 0 radical (unpaired) electrons. The first-order valence-corrected chi connectivity index (χ1v) is 9.96. The van der Waals surface area contributed by atoms with Crippen LogP contribution >= 0.6 is 15.9 Å². The van der Waals surface area contributed by atoms with Gasteiger partial charge in [-0.3, -0.25) is 9.59 Å². The molecule has 138 valence electrons. The van der Waals surface area contributed by atoms with Crippen molar-refractivity contribution in [2.45, 2.75) is 37.9 Å². The van der Waals surface area contributed by atoms with Crippen molar-refractivity contribution in [2.75, 3.05) is 18.1 Å². The number of carbonyl (C=O) groups is 2. The van der Waals surface area contributed by atoms with Gasteiger partial charge in [0.1, 0.15) is 11.5 Å². The number of halogens is 1. The Hall–Kier alpha value is -1.66. The van der Waals surface area contributed by atoms with Crippen LogP contribution in [0.3, 0.4) is 0 Å². The van der Waals surface area contributed by atoms with Crippen LogP contribution in [0.4, 0.5) is 5.69 Å². The highest BCUT2D eigenvalue weighted by Crippen LogP contribution is 2.53. The van der Waals surface area contributed by atoms with Crippen molar-refractivity contribution in [3.63, 3.8) is 0 Å². The number of nitrogens with zero attached hydrogens (tertiary/aromatic N) is 1. The second-order valence-electron chi connectivity index (χ2n) is 7.15. The van der Waals surface area contributed by atoms with Gasteiger partial charge in [0.2, 0.25) is 5.91 Å². The van der Waals surface area contributed by atoms with E-state index < -0.39 is 17.4 Å². The first kappa shape index (κ1) is 17.7. The number of fused-ring (bicyclic) bond motifs is 1. The predicted molar refractivity (Wildman–Crippen MR) is 101 cm³/mol. The van der Waals surface area contributed by atoms with Crippen molar-refractivity contribution < 1.29 is 19.1 Å². The largest absolute Gasteiger partial charge is 0.465 e. The third-order valence-electron chi connectivity index (χ3n) is 5.51. The zero-order valence-electron chi connectivity index (χ0n) is 14.7. The molecule has 1 amide bonds. The van der Waals surface area contributed by atoms with E-state index in [0.717, 1.165) is 29.4 Å². The van der Waals surface area contributed by atoms with Gasteiger partial charge in [-0.05, 0) is 34.5 Å². The molecule has 0 aromatic heterocycles. The van der Waals surface area contributed by atoms with Crippen LogP contribution in [-0.2, 0) is 19.1 Å². The lowest BCUT2D eigenvalue weighted by molar-refractivity contribution is -0.152. The molecule has 1 aromatic rings. The molecule has 4 rings (SSSR count). The molecule has 5 nitrogen and oxygen atoms in total. The smallest absolute Gasteiger partial charge is 0.312 e. The highest BCUT2D eigenvalue weighted by atomic mass is 79.9. The molecule has 2 saturated heterocycles. The Morgan fingerprint density at radius 3 is 2.96 bits per heavy atom. The number of benzene rings is 1. The number of esters is 1. The zero-order chi connectivity index (χ0) is 18.3. The first-order chi connectivity index (χ1) is 12.6. The van der Waals surface area contributed by atoms with Crippen LogP contribution in [0.2, 0.25) is 0 Å². The predicted octanol–water partition coefficient (Wildman–Crippen LogP) is 3.47. The van der Waals surface area contributed by atoms with Crippen LogP contribution < -0.4 is 4.90 Å². The minimum Gasteiger partial charge on any atom is -0.465 e. The van der Waals surface area contributed by atoms with Crippen molar-refractivity contribution in [2.24, 2.45) is 11.8 Å². The van der Waals surface area contributed by atoms with E-state index in [-0.39, 0.29) is 18.0 Å². The van der Waals surface area contributed by atoms with Crippen LogP contribution in [0, 0.1) is 11.8 Å². The Labute approximate surface area is 161 Å². The molecule has 3 aliphatic heterocycles. The van der Waals surface area contributed by atoms with Crippen LogP contribution in [0.5, 0.6) is 0 Å². The number of anilines is 1. The molecular weight excluding hydrogens is 398 g/mol. The maximum Gasteiger partial charge on any atom is 0.312 e. The number of unbranched alkanes of at least 4 members (excludes halogenated alkanes) is 2. The molecule has 26 heavy (non-hydrogen) atoms. The fourth-order valence-corrected chi connectivity index (χ4v) is 4.76. The second kappa shape index (κ2) is 6.82. The fraction of sp³-hybridized carbons (Fsp3) is 0.500. The minimum absolute atomic E-state index is 0.0701. The summed E-state index contributed by atoms with van der Waals surface area (Å²) < 4.78 is 12.4. The van der Waals surface area contributed by atoms with E-state index in [1.54, 1.807) is 4.90 Å². The van der Waals surface area contributed by atoms with Gasteiger partial charge in [0.15, 0.2) is 0 Å². The maximum atomic E-state index is 13.2. The summed E-state index contributed by atoms with van der Waals surface area (Å²) in [5.41, 5.74) is 0.0845. The number of ether oxygens (including phenoxy) is 2. The monoisotopic (exact) mass is 419 g/mol. The standard InChI is InChI=1S/C20H22BrNO4/c1-2-3-6-11-25-19(24)16-15-9-10-20(26-15)12-22(18(23)17(16)20)14-8-5-4-7-13(14)21/h4-5,7-10,15-17H,2-3,6,11-12H2,1H3/t15-,16+,17+,20-/m1/s1. The lowest BCUT2D eigenvalue weighted by atomic mass is 9.77. The summed E-state index contributed by atoms with van der Waals surface area (Å²) in [7, 11) is 0. The summed E-state index contributed by atoms with van der Waals surface area (Å²) in [4.78, 5) is 27.6. The van der Waals surface area contributed by atoms with Gasteiger partial charge in [-0.15, -0.1) is 0 Å². The molecule has 2 fully saturated rings. The van der Waals surface area contributed by atoms with E-state index in [1.807, 2.05) is 36.4 Å². The molecule has 0 N–H and O–H groups in total. The SMILES string of the molecule is CCCCCOC(=O)[C@@H]1[C@H]2C(=O)N(c3ccccc3Br)C[C@]23C=C[C@H]1O3. The van der Waals surface area contributed by atoms with E-state index >= 15 is 0 Å². The van der Waals surface area contributed by atoms with Crippen molar-refractivity contribution in [3.8, 4) is 0 Å². The Kier molecular flexibility index (Phi) is 4.65. The van der Waals surface area contributed by atoms with Crippen molar-refractivity contribution in [1.29, 1.82) is 0 Å². The molecule has 3 heterocycles. The lowest BCUT2D eigenvalue weighted by Gasteiger charge is -2.22. The summed E-state index contributed by atoms with van der Waals surface area (Å²) in [5.74, 6) is -1.45. The van der Waals surface area contributed by atoms with Crippen molar-refractivity contribution in [1.82, 2.24) is 0 Å². The third-order valence-corrected chi connectivity index (χ3v) is 6.18. The normalized spacial score (nSPS) is 31.5. The van der Waals surface area contributed by atoms with Gasteiger partial charge >= 0.3 is 5.97 Å². The summed E-state index contributed by atoms with van der Waals surface area (Å²) in [6, 6.07) is 7.61. The van der Waals surface area contributed by atoms with Crippen LogP contribution in [0.25, 0.3) is 0 Å². The van der Waals surface area contributed by atoms with E-state index in [1.165, 1.54) is 0 Å². The van der Waals surface area contributed by atoms with Gasteiger partial charge in [0, 0.05) is 4.47 Å². The minimum atomic E-state index is -0.718. The molecule has 3 aliphatic rings. The molecule has 0 saturated carbocycles. The molecule has 0 aliphatic carbocycles. The molecule has 1 spiro atoms. The number of rotatable bonds is 6. The number of amides is 1. The average Bonchev–Trinajstić information content (AvgIpc) is 3.27. The summed E-state index contributed by atoms with van der Waals surface area (Å²) in [6.07, 6.45) is 6.45. The summed E-state index contributed by atoms with van der Waals surface area (Å²) in [5, 5.41) is 0. The number of carbonyl (C=O) groups excluding carboxylic acids is 2. The molecule has 6 heteroatoms. The maximum absolute atomic E-state index is 13.2. The third kappa shape index (κ3) is 2.70. The van der Waals surface area contributed by atoms with Gasteiger partial charge in [-0.25, -0.2) is 0 Å². The zero-order valence-corrected chi connectivity index (χ0v) is 16.3. The molecule has 4 atom stereocenters. The highest BCUT2D eigenvalue weighted by Gasteiger charge is 2.67. The molecule has 0 unspecified atom stereocenters. The van der Waals surface area contributed by atoms with E-state index in [4.69, 9.17) is 9.47 Å². The molecule has 1 aromatic carbocycles. The van der Waals surface area contributed by atoms with Crippen molar-refractivity contribution in [3.05, 3.63) is 40.9 Å². The van der Waals surface area contributed by atoms with Gasteiger partial charge in [-0.2, -0.15) is 0 Å². The van der Waals surface area contributed by atoms with Crippen LogP contribution in [0.15, 0.2) is 40.9 Å². The number of hydrogen-bond acceptors (Lipinski definition) is 4. The van der Waals surface area contributed by atoms with E-state index in [2.05, 4.69) is 22.9 Å². The summed E-state index contributed by atoms with van der Waals surface area (Å²) >= 11 is 3.51. The Bertz CT molecular complexity index is 764. The Morgan fingerprint density at radius 2 is 2.19 bits per heavy atom. The Balaban J connectivity index is 1.56. The van der Waals surface area contributed by atoms with Gasteiger partial charge in [0.05, 0.1) is 30.9 Å². The fourth-order valence-electron chi connectivity index (χ4n) is 4.26. The number of hydrogen-bond donors (Lipinski definition) is 0. The van der Waals surface area contributed by atoms with Crippen LogP contribution in [0.1, 0.15) is 26.2 Å². The van der Waals surface area contributed by atoms with E-state index in [9.17, 15) is 9.59 Å². The molecular formula is C20H22BrNO4. The van der Waals surface area contributed by atoms with E-state index in [0.29, 0.717) is 13.2 Å². The van der Waals surface area contributed by atoms with Gasteiger partial charge < -0.3 is 14.4 Å². The lowest BCUT2D eigenvalue weighted by Crippen LogP contribution is -2.40. The number of para-hydroxylation sites is 1. The van der Waals surface area contributed by atoms with Crippen molar-refractivity contribution >= 4 is 33.5 Å². The molecule has 2 bridgehead atoms. The second-order valence-corrected chi connectivity index (χ2v) is 8.00.